The topological polar surface area (TPSA) is 79.8 Å². The largest absolute Gasteiger partial charge is 0.346 e. The average Bonchev–Trinajstić information content (AvgIpc) is 3.24. The van der Waals surface area contributed by atoms with Gasteiger partial charge in [-0.2, -0.15) is 5.10 Å². The summed E-state index contributed by atoms with van der Waals surface area (Å²) in [6.45, 7) is 1.94. The Morgan fingerprint density at radius 3 is 2.73 bits per heavy atom. The highest BCUT2D eigenvalue weighted by molar-refractivity contribution is 6.11. The molecular formula is C20H20N4O2. The van der Waals surface area contributed by atoms with Crippen LogP contribution in [0, 0.1) is 6.92 Å². The molecule has 1 aromatic carbocycles. The van der Waals surface area contributed by atoms with Gasteiger partial charge in [0.1, 0.15) is 5.69 Å². The summed E-state index contributed by atoms with van der Waals surface area (Å²) in [7, 11) is 1.75. The first-order valence-electron chi connectivity index (χ1n) is 8.65. The summed E-state index contributed by atoms with van der Waals surface area (Å²) >= 11 is 0. The van der Waals surface area contributed by atoms with E-state index in [1.807, 2.05) is 31.2 Å². The van der Waals surface area contributed by atoms with E-state index in [-0.39, 0.29) is 11.7 Å². The Morgan fingerprint density at radius 1 is 1.19 bits per heavy atom. The van der Waals surface area contributed by atoms with Crippen molar-refractivity contribution in [3.05, 3.63) is 70.7 Å². The number of carbonyl (C=O) groups is 2. The third-order valence-electron chi connectivity index (χ3n) is 4.64. The number of H-pyrrole nitrogens is 1. The third-order valence-corrected chi connectivity index (χ3v) is 4.64. The normalized spacial score (nSPS) is 13.6. The van der Waals surface area contributed by atoms with Gasteiger partial charge in [0.15, 0.2) is 11.6 Å². The molecule has 1 amide bonds. The fourth-order valence-electron chi connectivity index (χ4n) is 3.05. The highest BCUT2D eigenvalue weighted by atomic mass is 16.2. The lowest BCUT2D eigenvalue weighted by molar-refractivity contribution is 0.101. The standard InChI is InChI=1S/C20H20N4O2/c1-12-4-3-5-14(8-12)19(25)15-9-17(24(2)11-15)20(26)21-18-10-16(22-23-18)13-6-7-13/h3-5,8-11,13H,6-7H2,1-2H3,(H2,21,22,23,26). The maximum atomic E-state index is 12.7. The fourth-order valence-corrected chi connectivity index (χ4v) is 3.05. The van der Waals surface area contributed by atoms with Crippen LogP contribution in [0.4, 0.5) is 5.82 Å². The summed E-state index contributed by atoms with van der Waals surface area (Å²) in [5, 5.41) is 9.89. The van der Waals surface area contributed by atoms with Gasteiger partial charge >= 0.3 is 0 Å². The van der Waals surface area contributed by atoms with Crippen molar-refractivity contribution in [3.8, 4) is 0 Å². The number of hydrogen-bond acceptors (Lipinski definition) is 3. The number of nitrogens with one attached hydrogen (secondary N) is 2. The second-order valence-electron chi connectivity index (χ2n) is 6.86. The molecule has 2 heterocycles. The van der Waals surface area contributed by atoms with Crippen LogP contribution in [0.5, 0.6) is 0 Å². The van der Waals surface area contributed by atoms with E-state index in [1.165, 1.54) is 0 Å². The van der Waals surface area contributed by atoms with E-state index >= 15 is 0 Å². The van der Waals surface area contributed by atoms with Crippen LogP contribution in [-0.4, -0.2) is 26.5 Å². The molecule has 0 unspecified atom stereocenters. The summed E-state index contributed by atoms with van der Waals surface area (Å²) in [4.78, 5) is 25.2. The van der Waals surface area contributed by atoms with E-state index in [4.69, 9.17) is 0 Å². The molecular weight excluding hydrogens is 328 g/mol. The number of benzene rings is 1. The lowest BCUT2D eigenvalue weighted by atomic mass is 10.0. The SMILES string of the molecule is Cc1cccc(C(=O)c2cc(C(=O)Nc3cc(C4CC4)[nH]n3)n(C)c2)c1. The van der Waals surface area contributed by atoms with Gasteiger partial charge in [0.05, 0.1) is 0 Å². The number of rotatable bonds is 5. The van der Waals surface area contributed by atoms with Crippen molar-refractivity contribution in [3.63, 3.8) is 0 Å². The van der Waals surface area contributed by atoms with Gasteiger partial charge in [-0.05, 0) is 31.9 Å². The van der Waals surface area contributed by atoms with E-state index < -0.39 is 0 Å². The van der Waals surface area contributed by atoms with Crippen LogP contribution < -0.4 is 5.32 Å². The van der Waals surface area contributed by atoms with Crippen LogP contribution in [0.25, 0.3) is 0 Å². The van der Waals surface area contributed by atoms with Crippen LogP contribution >= 0.6 is 0 Å². The Kier molecular flexibility index (Phi) is 3.95. The molecule has 0 radical (unpaired) electrons. The molecule has 6 heteroatoms. The van der Waals surface area contributed by atoms with Gasteiger partial charge < -0.3 is 9.88 Å². The molecule has 3 aromatic rings. The summed E-state index contributed by atoms with van der Waals surface area (Å²) in [5.74, 6) is 0.662. The smallest absolute Gasteiger partial charge is 0.273 e. The summed E-state index contributed by atoms with van der Waals surface area (Å²) in [5.41, 5.74) is 3.60. The number of aromatic nitrogens is 3. The van der Waals surface area contributed by atoms with Crippen LogP contribution in [-0.2, 0) is 7.05 Å². The summed E-state index contributed by atoms with van der Waals surface area (Å²) < 4.78 is 1.66. The lowest BCUT2D eigenvalue weighted by Gasteiger charge is -2.02. The molecule has 0 bridgehead atoms. The van der Waals surface area contributed by atoms with Crippen molar-refractivity contribution in [2.75, 3.05) is 5.32 Å². The Labute approximate surface area is 151 Å². The number of hydrogen-bond donors (Lipinski definition) is 2. The molecule has 0 saturated heterocycles. The second-order valence-corrected chi connectivity index (χ2v) is 6.86. The Morgan fingerprint density at radius 2 is 2.00 bits per heavy atom. The Bertz CT molecular complexity index is 995. The monoisotopic (exact) mass is 348 g/mol. The van der Waals surface area contributed by atoms with Gasteiger partial charge in [0, 0.05) is 42.0 Å². The number of nitrogens with zero attached hydrogens (tertiary/aromatic N) is 2. The second kappa shape index (κ2) is 6.29. The maximum Gasteiger partial charge on any atom is 0.273 e. The average molecular weight is 348 g/mol. The Balaban J connectivity index is 1.53. The van der Waals surface area contributed by atoms with Crippen molar-refractivity contribution in [2.45, 2.75) is 25.7 Å². The van der Waals surface area contributed by atoms with E-state index in [9.17, 15) is 9.59 Å². The predicted molar refractivity (Wildman–Crippen MR) is 98.5 cm³/mol. The number of aryl methyl sites for hydroxylation is 2. The maximum absolute atomic E-state index is 12.7. The molecule has 4 rings (SSSR count). The minimum atomic E-state index is -0.287. The number of carbonyl (C=O) groups excluding carboxylic acids is 2. The van der Waals surface area contributed by atoms with Crippen molar-refractivity contribution in [2.24, 2.45) is 7.05 Å². The highest BCUT2D eigenvalue weighted by Gasteiger charge is 2.26. The van der Waals surface area contributed by atoms with Crippen LogP contribution in [0.3, 0.4) is 0 Å². The van der Waals surface area contributed by atoms with E-state index in [2.05, 4.69) is 15.5 Å². The number of aromatic amines is 1. The van der Waals surface area contributed by atoms with Gasteiger partial charge in [-0.25, -0.2) is 0 Å². The lowest BCUT2D eigenvalue weighted by Crippen LogP contribution is -2.15. The molecule has 1 fully saturated rings. The molecule has 1 saturated carbocycles. The number of anilines is 1. The molecule has 132 valence electrons. The van der Waals surface area contributed by atoms with E-state index in [1.54, 1.807) is 29.9 Å². The van der Waals surface area contributed by atoms with Crippen molar-refractivity contribution in [1.82, 2.24) is 14.8 Å². The molecule has 1 aliphatic carbocycles. The highest BCUT2D eigenvalue weighted by Crippen LogP contribution is 2.39. The van der Waals surface area contributed by atoms with Gasteiger partial charge in [-0.15, -0.1) is 0 Å². The molecule has 1 aliphatic rings. The van der Waals surface area contributed by atoms with E-state index in [0.29, 0.717) is 28.6 Å². The van der Waals surface area contributed by atoms with Crippen LogP contribution in [0.1, 0.15) is 56.4 Å². The number of ketones is 1. The minimum absolute atomic E-state index is 0.0980. The zero-order valence-electron chi connectivity index (χ0n) is 14.7. The van der Waals surface area contributed by atoms with Crippen molar-refractivity contribution >= 4 is 17.5 Å². The quantitative estimate of drug-likeness (QED) is 0.693. The zero-order chi connectivity index (χ0) is 18.3. The van der Waals surface area contributed by atoms with Crippen LogP contribution in [0.2, 0.25) is 0 Å². The van der Waals surface area contributed by atoms with Crippen molar-refractivity contribution in [1.29, 1.82) is 0 Å². The Hall–Kier alpha value is -3.15. The fraction of sp³-hybridized carbons (Fsp3) is 0.250. The molecule has 26 heavy (non-hydrogen) atoms. The van der Waals surface area contributed by atoms with Crippen molar-refractivity contribution < 1.29 is 9.59 Å². The molecule has 6 nitrogen and oxygen atoms in total. The summed E-state index contributed by atoms with van der Waals surface area (Å²) in [6.07, 6.45) is 4.01. The number of amides is 1. The molecule has 2 aromatic heterocycles. The minimum Gasteiger partial charge on any atom is -0.346 e. The first-order chi connectivity index (χ1) is 12.5. The molecule has 0 atom stereocenters. The first kappa shape index (κ1) is 16.3. The zero-order valence-corrected chi connectivity index (χ0v) is 14.7. The van der Waals surface area contributed by atoms with Crippen LogP contribution in [0.15, 0.2) is 42.6 Å². The molecule has 0 spiro atoms. The van der Waals surface area contributed by atoms with Gasteiger partial charge in [-0.3, -0.25) is 14.7 Å². The molecule has 0 aliphatic heterocycles. The van der Waals surface area contributed by atoms with Gasteiger partial charge in [0.25, 0.3) is 5.91 Å². The first-order valence-corrected chi connectivity index (χ1v) is 8.65. The third kappa shape index (κ3) is 3.18. The predicted octanol–water partition coefficient (Wildman–Crippen LogP) is 3.42. The molecule has 2 N–H and O–H groups in total. The summed E-state index contributed by atoms with van der Waals surface area (Å²) in [6, 6.07) is 10.9. The van der Waals surface area contributed by atoms with E-state index in [0.717, 1.165) is 24.1 Å². The van der Waals surface area contributed by atoms with Gasteiger partial charge in [0.2, 0.25) is 0 Å². The van der Waals surface area contributed by atoms with Gasteiger partial charge in [-0.1, -0.05) is 23.8 Å².